The number of aliphatic hydroxyl groups excluding tert-OH is 1. The maximum atomic E-state index is 11.8. The first-order valence-electron chi connectivity index (χ1n) is 7.14. The van der Waals surface area contributed by atoms with Crippen LogP contribution in [-0.4, -0.2) is 82.6 Å². The molecule has 0 amide bonds. The van der Waals surface area contributed by atoms with Gasteiger partial charge >= 0.3 is 29.2 Å². The second kappa shape index (κ2) is 10.1. The molecule has 1 fully saturated rings. The van der Waals surface area contributed by atoms with Gasteiger partial charge in [0.25, 0.3) is 0 Å². The third kappa shape index (κ3) is 8.57. The molecule has 0 aromatic carbocycles. The molecule has 2 rings (SSSR count). The van der Waals surface area contributed by atoms with E-state index in [0.717, 1.165) is 4.57 Å². The second-order valence-corrected chi connectivity index (χ2v) is 9.78. The van der Waals surface area contributed by atoms with E-state index in [-0.39, 0.29) is 41.8 Å². The number of phosphoric acid groups is 3. The van der Waals surface area contributed by atoms with Crippen LogP contribution in [0.4, 0.5) is 5.82 Å². The Kier molecular flexibility index (Phi) is 9.41. The van der Waals surface area contributed by atoms with Gasteiger partial charge in [-0.3, -0.25) is 9.09 Å². The van der Waals surface area contributed by atoms with Crippen molar-refractivity contribution in [3.05, 3.63) is 22.7 Å². The molecule has 2 unspecified atom stereocenters. The number of rotatable bonds is 8. The molecule has 1 saturated heterocycles. The molecule has 1 radical (unpaired) electrons. The fraction of sp³-hybridized carbons (Fsp3) is 0.556. The summed E-state index contributed by atoms with van der Waals surface area (Å²) in [5.74, 6) is -0.0380. The van der Waals surface area contributed by atoms with Crippen LogP contribution in [0.15, 0.2) is 17.1 Å². The van der Waals surface area contributed by atoms with E-state index >= 15 is 0 Å². The maximum Gasteiger partial charge on any atom is 0.490 e. The topological polar surface area (TPSA) is 250 Å². The fourth-order valence-corrected chi connectivity index (χ4v) is 5.18. The molecule has 0 saturated carbocycles. The van der Waals surface area contributed by atoms with Gasteiger partial charge in [0.15, 0.2) is 0 Å². The fourth-order valence-electron chi connectivity index (χ4n) is 2.15. The van der Waals surface area contributed by atoms with Gasteiger partial charge in [-0.2, -0.15) is 13.6 Å². The van der Waals surface area contributed by atoms with E-state index in [1.54, 1.807) is 0 Å². The van der Waals surface area contributed by atoms with Crippen molar-refractivity contribution < 1.29 is 56.3 Å². The number of hydrogen-bond acceptors (Lipinski definition) is 11. The smallest absolute Gasteiger partial charge is 0.390 e. The number of nitrogens with two attached hydrogens (primary N) is 1. The Hall–Kier alpha value is 0.01000. The zero-order valence-electron chi connectivity index (χ0n) is 14.6. The number of aliphatic hydroxyl groups is 1. The largest absolute Gasteiger partial charge is 0.490 e. The summed E-state index contributed by atoms with van der Waals surface area (Å²) in [6, 6.07) is 1.30. The Morgan fingerprint density at radius 1 is 1.21 bits per heavy atom. The Morgan fingerprint density at radius 3 is 2.38 bits per heavy atom. The standard InChI is InChI=1S/C9H16N3O13P3.Na/c10-7-1-2-12(9(14)11-7)8-3-5(13)6(23-8)4-22-27(18,19)25-28(20,21)24-26(15,16)17;/h1-2,5-6,8,13H,3-4H2,(H,18,19)(H,20,21)(H2,10,11,14)(H2,15,16,17);/t5-,6+,8+;/m0./s1. The van der Waals surface area contributed by atoms with Gasteiger partial charge in [-0.25, -0.2) is 18.5 Å². The molecule has 29 heavy (non-hydrogen) atoms. The number of nitrogens with zero attached hydrogens (tertiary/aromatic N) is 2. The van der Waals surface area contributed by atoms with Crippen molar-refractivity contribution in [2.45, 2.75) is 24.9 Å². The molecule has 2 heterocycles. The van der Waals surface area contributed by atoms with Crippen molar-refractivity contribution in [3.8, 4) is 0 Å². The van der Waals surface area contributed by atoms with Gasteiger partial charge in [0.1, 0.15) is 18.1 Å². The third-order valence-corrected chi connectivity index (χ3v) is 6.99. The summed E-state index contributed by atoms with van der Waals surface area (Å²) in [7, 11) is -16.5. The number of phosphoric ester groups is 1. The number of nitrogen functional groups attached to an aromatic ring is 1. The zero-order chi connectivity index (χ0) is 21.3. The van der Waals surface area contributed by atoms with Crippen molar-refractivity contribution >= 4 is 58.8 Å². The van der Waals surface area contributed by atoms with E-state index < -0.39 is 54.2 Å². The van der Waals surface area contributed by atoms with E-state index in [9.17, 15) is 28.5 Å². The minimum Gasteiger partial charge on any atom is -0.390 e. The SMILES string of the molecule is Nc1ccn([C@H]2C[C@H](O)[C@@H](COP(=O)(O)OP(=O)(O)OP(=O)(O)O)O2)c(=O)n1.[Na]. The summed E-state index contributed by atoms with van der Waals surface area (Å²) >= 11 is 0. The van der Waals surface area contributed by atoms with Gasteiger partial charge in [0.05, 0.1) is 12.7 Å². The molecule has 0 spiro atoms. The van der Waals surface area contributed by atoms with Crippen LogP contribution in [0.25, 0.3) is 0 Å². The van der Waals surface area contributed by atoms with Crippen LogP contribution in [0, 0.1) is 0 Å². The Morgan fingerprint density at radius 2 is 1.83 bits per heavy atom. The molecular formula is C9H16N3NaO13P3. The van der Waals surface area contributed by atoms with Crippen LogP contribution < -0.4 is 11.4 Å². The van der Waals surface area contributed by atoms with Crippen LogP contribution in [-0.2, 0) is 31.6 Å². The Bertz CT molecular complexity index is 920. The van der Waals surface area contributed by atoms with E-state index in [2.05, 4.69) is 18.1 Å². The first-order chi connectivity index (χ1) is 12.7. The predicted octanol–water partition coefficient (Wildman–Crippen LogP) is -1.56. The molecule has 1 aliphatic rings. The van der Waals surface area contributed by atoms with E-state index in [1.807, 2.05) is 0 Å². The molecule has 5 atom stereocenters. The average molecular weight is 490 g/mol. The monoisotopic (exact) mass is 490 g/mol. The summed E-state index contributed by atoms with van der Waals surface area (Å²) in [5, 5.41) is 9.94. The Labute approximate surface area is 184 Å². The van der Waals surface area contributed by atoms with Gasteiger partial charge in [0.2, 0.25) is 0 Å². The summed E-state index contributed by atoms with van der Waals surface area (Å²) in [6.07, 6.45) is -2.42. The number of hydrogen-bond donors (Lipinski definition) is 6. The molecule has 0 bridgehead atoms. The van der Waals surface area contributed by atoms with Gasteiger partial charge < -0.3 is 35.2 Å². The van der Waals surface area contributed by atoms with Crippen LogP contribution in [0.5, 0.6) is 0 Å². The first kappa shape index (κ1) is 27.0. The minimum absolute atomic E-state index is 0. The average Bonchev–Trinajstić information content (AvgIpc) is 2.82. The van der Waals surface area contributed by atoms with Gasteiger partial charge in [-0.1, -0.05) is 0 Å². The predicted molar refractivity (Wildman–Crippen MR) is 93.0 cm³/mol. The molecule has 20 heteroatoms. The molecule has 0 aliphatic carbocycles. The normalized spacial score (nSPS) is 26.3. The number of anilines is 1. The molecule has 1 aromatic rings. The first-order valence-corrected chi connectivity index (χ1v) is 11.7. The third-order valence-electron chi connectivity index (χ3n) is 3.18. The van der Waals surface area contributed by atoms with Crippen LogP contribution in [0.1, 0.15) is 12.6 Å². The Balaban J connectivity index is 0.00000420. The van der Waals surface area contributed by atoms with Crippen molar-refractivity contribution in [1.29, 1.82) is 0 Å². The van der Waals surface area contributed by atoms with Gasteiger partial charge in [-0.15, -0.1) is 0 Å². The van der Waals surface area contributed by atoms with Crippen molar-refractivity contribution in [2.24, 2.45) is 0 Å². The van der Waals surface area contributed by atoms with Crippen molar-refractivity contribution in [2.75, 3.05) is 12.3 Å². The summed E-state index contributed by atoms with van der Waals surface area (Å²) in [6.45, 7) is -0.849. The minimum atomic E-state index is -5.65. The zero-order valence-corrected chi connectivity index (χ0v) is 19.3. The second-order valence-electron chi connectivity index (χ2n) is 5.36. The molecule has 161 valence electrons. The maximum absolute atomic E-state index is 11.8. The summed E-state index contributed by atoms with van der Waals surface area (Å²) in [4.78, 5) is 50.5. The van der Waals surface area contributed by atoms with E-state index in [0.29, 0.717) is 0 Å². The van der Waals surface area contributed by atoms with Crippen LogP contribution >= 0.6 is 23.5 Å². The molecule has 16 nitrogen and oxygen atoms in total. The molecule has 1 aliphatic heterocycles. The molecular weight excluding hydrogens is 474 g/mol. The molecule has 7 N–H and O–H groups in total. The van der Waals surface area contributed by atoms with Gasteiger partial charge in [-0.05, 0) is 6.07 Å². The van der Waals surface area contributed by atoms with Crippen molar-refractivity contribution in [3.63, 3.8) is 0 Å². The van der Waals surface area contributed by atoms with Gasteiger partial charge in [0, 0.05) is 42.2 Å². The number of aromatic nitrogens is 2. The quantitative estimate of drug-likeness (QED) is 0.178. The molecule has 1 aromatic heterocycles. The number of ether oxygens (including phenoxy) is 1. The van der Waals surface area contributed by atoms with Crippen molar-refractivity contribution in [1.82, 2.24) is 9.55 Å². The van der Waals surface area contributed by atoms with E-state index in [1.165, 1.54) is 12.3 Å². The summed E-state index contributed by atoms with van der Waals surface area (Å²) < 4.78 is 51.2. The van der Waals surface area contributed by atoms with Crippen LogP contribution in [0.3, 0.4) is 0 Å². The van der Waals surface area contributed by atoms with Crippen LogP contribution in [0.2, 0.25) is 0 Å². The summed E-state index contributed by atoms with van der Waals surface area (Å²) in [5.41, 5.74) is 4.58. The van der Waals surface area contributed by atoms with E-state index in [4.69, 9.17) is 25.2 Å².